The fraction of sp³-hybridized carbons (Fsp3) is 0.450. The largest absolute Gasteiger partial charge is 0.472 e. The molecule has 2 aromatic heterocycles. The van der Waals surface area contributed by atoms with Crippen molar-refractivity contribution in [3.8, 4) is 0 Å². The molecular formula is C20H23N3O3. The summed E-state index contributed by atoms with van der Waals surface area (Å²) in [5.74, 6) is 0.0691. The molecule has 136 valence electrons. The Balaban J connectivity index is 1.52. The Morgan fingerprint density at radius 3 is 2.77 bits per heavy atom. The van der Waals surface area contributed by atoms with E-state index < -0.39 is 0 Å². The summed E-state index contributed by atoms with van der Waals surface area (Å²) in [5, 5.41) is 0. The maximum absolute atomic E-state index is 13.0. The van der Waals surface area contributed by atoms with Gasteiger partial charge in [0.1, 0.15) is 6.26 Å². The van der Waals surface area contributed by atoms with Crippen LogP contribution in [-0.2, 0) is 4.79 Å². The van der Waals surface area contributed by atoms with Crippen LogP contribution in [-0.4, -0.2) is 51.8 Å². The number of likely N-dealkylation sites (N-methyl/N-ethyl adjacent to an activating group) is 1. The molecule has 0 bridgehead atoms. The van der Waals surface area contributed by atoms with Gasteiger partial charge in [-0.2, -0.15) is 0 Å². The third-order valence-corrected chi connectivity index (χ3v) is 5.87. The van der Waals surface area contributed by atoms with Gasteiger partial charge in [-0.15, -0.1) is 0 Å². The van der Waals surface area contributed by atoms with Gasteiger partial charge in [0.25, 0.3) is 5.91 Å². The number of furan rings is 1. The zero-order chi connectivity index (χ0) is 18.1. The highest BCUT2D eigenvalue weighted by Crippen LogP contribution is 2.45. The molecule has 2 saturated heterocycles. The van der Waals surface area contributed by atoms with Gasteiger partial charge in [0.05, 0.1) is 17.7 Å². The minimum Gasteiger partial charge on any atom is -0.472 e. The van der Waals surface area contributed by atoms with E-state index in [1.54, 1.807) is 18.5 Å². The summed E-state index contributed by atoms with van der Waals surface area (Å²) in [7, 11) is 0. The van der Waals surface area contributed by atoms with Gasteiger partial charge in [0, 0.05) is 37.6 Å². The number of carbonyl (C=O) groups is 2. The van der Waals surface area contributed by atoms with Crippen LogP contribution in [0.15, 0.2) is 47.5 Å². The maximum Gasteiger partial charge on any atom is 0.257 e. The summed E-state index contributed by atoms with van der Waals surface area (Å²) in [6.07, 6.45) is 8.97. The van der Waals surface area contributed by atoms with Crippen molar-refractivity contribution in [2.24, 2.45) is 0 Å². The molecule has 2 aliphatic rings. The number of pyridine rings is 1. The summed E-state index contributed by atoms with van der Waals surface area (Å²) >= 11 is 0. The molecule has 2 aromatic rings. The molecule has 0 saturated carbocycles. The van der Waals surface area contributed by atoms with Crippen molar-refractivity contribution in [1.82, 2.24) is 14.8 Å². The van der Waals surface area contributed by atoms with Crippen LogP contribution in [0.4, 0.5) is 0 Å². The van der Waals surface area contributed by atoms with Crippen LogP contribution >= 0.6 is 0 Å². The van der Waals surface area contributed by atoms with Crippen LogP contribution in [0.2, 0.25) is 0 Å². The first-order valence-electron chi connectivity index (χ1n) is 9.17. The van der Waals surface area contributed by atoms with E-state index in [1.807, 2.05) is 28.9 Å². The molecule has 1 spiro atoms. The van der Waals surface area contributed by atoms with Crippen molar-refractivity contribution in [1.29, 1.82) is 0 Å². The monoisotopic (exact) mass is 353 g/mol. The van der Waals surface area contributed by atoms with Gasteiger partial charge in [-0.05, 0) is 43.9 Å². The Bertz CT molecular complexity index is 780. The Hall–Kier alpha value is -2.63. The molecule has 1 atom stereocenters. The molecule has 4 heterocycles. The van der Waals surface area contributed by atoms with E-state index in [4.69, 9.17) is 4.42 Å². The molecule has 6 heteroatoms. The molecule has 0 radical (unpaired) electrons. The first-order chi connectivity index (χ1) is 12.6. The van der Waals surface area contributed by atoms with Crippen molar-refractivity contribution < 1.29 is 14.0 Å². The second-order valence-corrected chi connectivity index (χ2v) is 7.15. The predicted molar refractivity (Wildman–Crippen MR) is 95.6 cm³/mol. The van der Waals surface area contributed by atoms with Crippen molar-refractivity contribution in [3.63, 3.8) is 0 Å². The van der Waals surface area contributed by atoms with Crippen molar-refractivity contribution in [3.05, 3.63) is 54.2 Å². The van der Waals surface area contributed by atoms with Gasteiger partial charge in [0.2, 0.25) is 5.91 Å². The predicted octanol–water partition coefficient (Wildman–Crippen LogP) is 2.69. The number of aromatic nitrogens is 1. The topological polar surface area (TPSA) is 66.7 Å². The number of nitrogens with zero attached hydrogens (tertiary/aromatic N) is 3. The molecular weight excluding hydrogens is 330 g/mol. The van der Waals surface area contributed by atoms with Crippen molar-refractivity contribution >= 4 is 11.8 Å². The third kappa shape index (κ3) is 2.69. The minimum atomic E-state index is -0.153. The smallest absolute Gasteiger partial charge is 0.257 e. The number of hydrogen-bond acceptors (Lipinski definition) is 4. The summed E-state index contributed by atoms with van der Waals surface area (Å²) in [6.45, 7) is 4.06. The van der Waals surface area contributed by atoms with Crippen molar-refractivity contribution in [2.75, 3.05) is 19.6 Å². The highest BCUT2D eigenvalue weighted by atomic mass is 16.3. The van der Waals surface area contributed by atoms with Crippen LogP contribution in [0.5, 0.6) is 0 Å². The summed E-state index contributed by atoms with van der Waals surface area (Å²) in [6, 6.07) is 5.57. The van der Waals surface area contributed by atoms with Gasteiger partial charge < -0.3 is 14.2 Å². The summed E-state index contributed by atoms with van der Waals surface area (Å²) in [4.78, 5) is 33.6. The highest BCUT2D eigenvalue weighted by Gasteiger charge is 2.51. The molecule has 0 N–H and O–H groups in total. The highest BCUT2D eigenvalue weighted by molar-refractivity contribution is 5.94. The van der Waals surface area contributed by atoms with E-state index in [2.05, 4.69) is 4.98 Å². The first-order valence-corrected chi connectivity index (χ1v) is 9.17. The maximum atomic E-state index is 13.0. The number of likely N-dealkylation sites (tertiary alicyclic amines) is 2. The molecule has 4 rings (SSSR count). The fourth-order valence-corrected chi connectivity index (χ4v) is 4.50. The second-order valence-electron chi connectivity index (χ2n) is 7.15. The molecule has 2 aliphatic heterocycles. The van der Waals surface area contributed by atoms with E-state index in [0.29, 0.717) is 25.2 Å². The minimum absolute atomic E-state index is 0.00443. The van der Waals surface area contributed by atoms with Gasteiger partial charge in [-0.25, -0.2) is 0 Å². The standard InChI is InChI=1S/C20H23N3O3/c1-2-23-19(25)17(15-4-3-8-21-13-15)12-20(23)6-9-22(10-7-20)18(24)16-5-11-26-14-16/h3-5,8,11,13-14,17H,2,6-7,9-10,12H2,1H3/t17-/m1/s1. The van der Waals surface area contributed by atoms with Gasteiger partial charge >= 0.3 is 0 Å². The van der Waals surface area contributed by atoms with Crippen LogP contribution in [0, 0.1) is 0 Å². The Morgan fingerprint density at radius 2 is 2.15 bits per heavy atom. The molecule has 0 aliphatic carbocycles. The average molecular weight is 353 g/mol. The van der Waals surface area contributed by atoms with E-state index >= 15 is 0 Å². The Kier molecular flexibility index (Phi) is 4.26. The van der Waals surface area contributed by atoms with Gasteiger partial charge in [-0.3, -0.25) is 14.6 Å². The molecule has 2 amide bonds. The number of carbonyl (C=O) groups excluding carboxylic acids is 2. The Labute approximate surface area is 152 Å². The van der Waals surface area contributed by atoms with E-state index in [9.17, 15) is 9.59 Å². The summed E-state index contributed by atoms with van der Waals surface area (Å²) < 4.78 is 5.03. The summed E-state index contributed by atoms with van der Waals surface area (Å²) in [5.41, 5.74) is 1.42. The lowest BCUT2D eigenvalue weighted by molar-refractivity contribution is -0.133. The van der Waals surface area contributed by atoms with Gasteiger partial charge in [0.15, 0.2) is 0 Å². The average Bonchev–Trinajstić information content (AvgIpc) is 3.30. The zero-order valence-electron chi connectivity index (χ0n) is 14.9. The van der Waals surface area contributed by atoms with Crippen molar-refractivity contribution in [2.45, 2.75) is 37.6 Å². The molecule has 0 unspecified atom stereocenters. The quantitative estimate of drug-likeness (QED) is 0.851. The Morgan fingerprint density at radius 1 is 1.35 bits per heavy atom. The lowest BCUT2D eigenvalue weighted by Gasteiger charge is -2.44. The number of amides is 2. The van der Waals surface area contributed by atoms with Crippen LogP contribution in [0.1, 0.15) is 48.0 Å². The van der Waals surface area contributed by atoms with E-state index in [-0.39, 0.29) is 23.3 Å². The number of piperidine rings is 1. The lowest BCUT2D eigenvalue weighted by Crippen LogP contribution is -2.54. The second kappa shape index (κ2) is 6.59. The molecule has 0 aromatic carbocycles. The number of hydrogen-bond donors (Lipinski definition) is 0. The zero-order valence-corrected chi connectivity index (χ0v) is 14.9. The van der Waals surface area contributed by atoms with Crippen LogP contribution in [0.3, 0.4) is 0 Å². The first kappa shape index (κ1) is 16.8. The van der Waals surface area contributed by atoms with E-state index in [0.717, 1.165) is 24.8 Å². The normalized spacial score (nSPS) is 22.2. The lowest BCUT2D eigenvalue weighted by atomic mass is 9.81. The molecule has 6 nitrogen and oxygen atoms in total. The molecule has 26 heavy (non-hydrogen) atoms. The third-order valence-electron chi connectivity index (χ3n) is 5.87. The molecule has 2 fully saturated rings. The number of rotatable bonds is 3. The SMILES string of the molecule is CCN1C(=O)[C@@H](c2cccnc2)CC12CCN(C(=O)c1ccoc1)CC2. The fourth-order valence-electron chi connectivity index (χ4n) is 4.50. The van der Waals surface area contributed by atoms with Crippen LogP contribution in [0.25, 0.3) is 0 Å². The van der Waals surface area contributed by atoms with Gasteiger partial charge in [-0.1, -0.05) is 6.07 Å². The van der Waals surface area contributed by atoms with Crippen LogP contribution < -0.4 is 0 Å². The van der Waals surface area contributed by atoms with E-state index in [1.165, 1.54) is 12.5 Å².